The molecule has 1 unspecified atom stereocenters. The standard InChI is InChI=1S/C16H31O3S/c1-4-5-6-7-8-9-10-11-12-13-15(20-18)19-16(17)14(2)3/h14-15H,4-13H2,1-3H3/q+1. The molecule has 0 aromatic rings. The molecule has 0 aromatic heterocycles. The maximum atomic E-state index is 11.4. The zero-order chi connectivity index (χ0) is 15.2. The second-order valence-corrected chi connectivity index (χ2v) is 6.45. The van der Waals surface area contributed by atoms with Gasteiger partial charge in [-0.15, -0.1) is 0 Å². The first-order chi connectivity index (χ1) is 9.61. The van der Waals surface area contributed by atoms with Crippen LogP contribution in [0.5, 0.6) is 0 Å². The van der Waals surface area contributed by atoms with Crippen molar-refractivity contribution in [2.45, 2.75) is 90.4 Å². The van der Waals surface area contributed by atoms with Gasteiger partial charge < -0.3 is 4.74 Å². The van der Waals surface area contributed by atoms with E-state index in [0.29, 0.717) is 18.1 Å². The highest BCUT2D eigenvalue weighted by Crippen LogP contribution is 2.13. The summed E-state index contributed by atoms with van der Waals surface area (Å²) in [5, 5.41) is 0. The molecule has 0 aliphatic heterocycles. The number of rotatable bonds is 13. The van der Waals surface area contributed by atoms with E-state index in [9.17, 15) is 9.00 Å². The highest BCUT2D eigenvalue weighted by atomic mass is 32.1. The van der Waals surface area contributed by atoms with Crippen molar-refractivity contribution >= 4 is 17.6 Å². The van der Waals surface area contributed by atoms with Crippen LogP contribution in [0.1, 0.15) is 85.0 Å². The molecule has 4 heteroatoms. The van der Waals surface area contributed by atoms with Crippen molar-refractivity contribution in [3.05, 3.63) is 0 Å². The van der Waals surface area contributed by atoms with E-state index in [1.807, 2.05) is 0 Å². The second kappa shape index (κ2) is 13.5. The van der Waals surface area contributed by atoms with Gasteiger partial charge in [-0.2, -0.15) is 0 Å². The molecule has 0 radical (unpaired) electrons. The molecule has 0 bridgehead atoms. The van der Waals surface area contributed by atoms with Gasteiger partial charge in [0.25, 0.3) is 0 Å². The Morgan fingerprint density at radius 2 is 1.45 bits per heavy atom. The van der Waals surface area contributed by atoms with Gasteiger partial charge in [0.15, 0.2) is 0 Å². The fourth-order valence-corrected chi connectivity index (χ4v) is 2.41. The number of unbranched alkanes of at least 4 members (excludes halogenated alkanes) is 8. The minimum Gasteiger partial charge on any atom is -0.403 e. The monoisotopic (exact) mass is 303 g/mol. The van der Waals surface area contributed by atoms with Crippen molar-refractivity contribution in [2.75, 3.05) is 0 Å². The zero-order valence-corrected chi connectivity index (χ0v) is 14.2. The SMILES string of the molecule is CCCCCCCCCCCC(OC(=O)C(C)C)[S+]=O. The van der Waals surface area contributed by atoms with E-state index >= 15 is 0 Å². The van der Waals surface area contributed by atoms with E-state index in [2.05, 4.69) is 6.92 Å². The Hall–Kier alpha value is -0.510. The van der Waals surface area contributed by atoms with E-state index in [1.54, 1.807) is 13.8 Å². The van der Waals surface area contributed by atoms with Crippen LogP contribution < -0.4 is 0 Å². The fraction of sp³-hybridized carbons (Fsp3) is 0.938. The van der Waals surface area contributed by atoms with Crippen molar-refractivity contribution in [3.8, 4) is 0 Å². The summed E-state index contributed by atoms with van der Waals surface area (Å²) >= 11 is 0.400. The Morgan fingerprint density at radius 3 is 1.90 bits per heavy atom. The van der Waals surface area contributed by atoms with Crippen molar-refractivity contribution in [1.29, 1.82) is 0 Å². The third-order valence-corrected chi connectivity index (χ3v) is 3.92. The Kier molecular flexibility index (Phi) is 13.1. The third-order valence-electron chi connectivity index (χ3n) is 3.37. The first kappa shape index (κ1) is 19.5. The molecule has 3 nitrogen and oxygen atoms in total. The maximum absolute atomic E-state index is 11.4. The maximum Gasteiger partial charge on any atom is 0.507 e. The highest BCUT2D eigenvalue weighted by molar-refractivity contribution is 7.66. The van der Waals surface area contributed by atoms with Gasteiger partial charge in [0.05, 0.1) is 5.92 Å². The first-order valence-corrected chi connectivity index (χ1v) is 8.91. The number of ether oxygens (including phenoxy) is 1. The van der Waals surface area contributed by atoms with Gasteiger partial charge in [-0.1, -0.05) is 72.1 Å². The van der Waals surface area contributed by atoms with E-state index < -0.39 is 5.44 Å². The molecule has 0 aliphatic rings. The summed E-state index contributed by atoms with van der Waals surface area (Å²) in [4.78, 5) is 11.4. The van der Waals surface area contributed by atoms with Gasteiger partial charge in [0.2, 0.25) is 0 Å². The number of carbonyl (C=O) groups is 1. The molecule has 0 amide bonds. The van der Waals surface area contributed by atoms with Crippen LogP contribution in [0.4, 0.5) is 0 Å². The lowest BCUT2D eigenvalue weighted by Crippen LogP contribution is -2.20. The van der Waals surface area contributed by atoms with Gasteiger partial charge in [-0.3, -0.25) is 4.79 Å². The normalized spacial score (nSPS) is 12.4. The van der Waals surface area contributed by atoms with E-state index in [-0.39, 0.29) is 11.9 Å². The average Bonchev–Trinajstić information content (AvgIpc) is 2.43. The molecule has 1 atom stereocenters. The lowest BCUT2D eigenvalue weighted by molar-refractivity contribution is -0.149. The van der Waals surface area contributed by atoms with Gasteiger partial charge in [0, 0.05) is 10.6 Å². The quantitative estimate of drug-likeness (QED) is 0.211. The summed E-state index contributed by atoms with van der Waals surface area (Å²) in [7, 11) is 0. The molecule has 0 rings (SSSR count). The molecule has 0 fully saturated rings. The second-order valence-electron chi connectivity index (χ2n) is 5.73. The molecule has 0 aliphatic carbocycles. The fourth-order valence-electron chi connectivity index (χ4n) is 2.01. The van der Waals surface area contributed by atoms with Crippen LogP contribution in [-0.2, 0) is 25.4 Å². The Balaban J connectivity index is 3.47. The smallest absolute Gasteiger partial charge is 0.403 e. The molecule has 0 heterocycles. The lowest BCUT2D eigenvalue weighted by Gasteiger charge is -2.06. The molecule has 0 aromatic carbocycles. The van der Waals surface area contributed by atoms with Crippen LogP contribution in [0.15, 0.2) is 0 Å². The highest BCUT2D eigenvalue weighted by Gasteiger charge is 2.26. The predicted molar refractivity (Wildman–Crippen MR) is 84.6 cm³/mol. The minimum atomic E-state index is -0.505. The molecular weight excluding hydrogens is 272 g/mol. The number of hydrogen-bond donors (Lipinski definition) is 0. The molecule has 0 saturated carbocycles. The Labute approximate surface area is 128 Å². The summed E-state index contributed by atoms with van der Waals surface area (Å²) in [6.45, 7) is 5.80. The molecule has 0 saturated heterocycles. The first-order valence-electron chi connectivity index (χ1n) is 8.11. The average molecular weight is 303 g/mol. The zero-order valence-electron chi connectivity index (χ0n) is 13.4. The van der Waals surface area contributed by atoms with Gasteiger partial charge >= 0.3 is 23.1 Å². The summed E-state index contributed by atoms with van der Waals surface area (Å²) in [6, 6.07) is 0. The predicted octanol–water partition coefficient (Wildman–Crippen LogP) is 4.86. The van der Waals surface area contributed by atoms with Crippen LogP contribution in [0.2, 0.25) is 0 Å². The lowest BCUT2D eigenvalue weighted by atomic mass is 10.1. The van der Waals surface area contributed by atoms with E-state index in [1.165, 1.54) is 44.9 Å². The molecule has 0 N–H and O–H groups in total. The third kappa shape index (κ3) is 11.3. The summed E-state index contributed by atoms with van der Waals surface area (Å²) in [5.74, 6) is -0.429. The number of esters is 1. The Morgan fingerprint density at radius 1 is 0.950 bits per heavy atom. The van der Waals surface area contributed by atoms with Crippen molar-refractivity contribution in [2.24, 2.45) is 5.92 Å². The van der Waals surface area contributed by atoms with Crippen LogP contribution in [0, 0.1) is 5.92 Å². The topological polar surface area (TPSA) is 43.4 Å². The van der Waals surface area contributed by atoms with Crippen LogP contribution >= 0.6 is 0 Å². The van der Waals surface area contributed by atoms with Crippen LogP contribution in [-0.4, -0.2) is 11.4 Å². The molecule has 0 spiro atoms. The summed E-state index contributed by atoms with van der Waals surface area (Å²) < 4.78 is 16.0. The van der Waals surface area contributed by atoms with Crippen LogP contribution in [0.3, 0.4) is 0 Å². The number of hydrogen-bond acceptors (Lipinski definition) is 3. The van der Waals surface area contributed by atoms with Crippen LogP contribution in [0.25, 0.3) is 0 Å². The molecule has 20 heavy (non-hydrogen) atoms. The van der Waals surface area contributed by atoms with Crippen molar-refractivity contribution in [1.82, 2.24) is 0 Å². The van der Waals surface area contributed by atoms with Crippen molar-refractivity contribution in [3.63, 3.8) is 0 Å². The summed E-state index contributed by atoms with van der Waals surface area (Å²) in [5.41, 5.74) is -0.505. The van der Waals surface area contributed by atoms with E-state index in [0.717, 1.165) is 12.8 Å². The molecule has 118 valence electrons. The molecular formula is C16H31O3S+. The van der Waals surface area contributed by atoms with Crippen molar-refractivity contribution < 1.29 is 13.7 Å². The van der Waals surface area contributed by atoms with Gasteiger partial charge in [-0.05, 0) is 6.42 Å². The Bertz CT molecular complexity index is 254. The largest absolute Gasteiger partial charge is 0.507 e. The van der Waals surface area contributed by atoms with Gasteiger partial charge in [-0.25, -0.2) is 0 Å². The summed E-state index contributed by atoms with van der Waals surface area (Å²) in [6.07, 6.45) is 12.0. The van der Waals surface area contributed by atoms with Gasteiger partial charge in [0.1, 0.15) is 0 Å². The van der Waals surface area contributed by atoms with E-state index in [4.69, 9.17) is 4.74 Å². The minimum absolute atomic E-state index is 0.159. The number of carbonyl (C=O) groups excluding carboxylic acids is 1.